The van der Waals surface area contributed by atoms with Crippen LogP contribution in [0, 0.1) is 20.2 Å². The zero-order valence-corrected chi connectivity index (χ0v) is 14.1. The molecule has 0 heterocycles. The Balaban J connectivity index is 3.57. The number of nitro groups is 2. The van der Waals surface area contributed by atoms with E-state index in [9.17, 15) is 33.4 Å². The van der Waals surface area contributed by atoms with E-state index in [0.717, 1.165) is 0 Å². The number of nitro benzene ring substituents is 2. The van der Waals surface area contributed by atoms with Crippen molar-refractivity contribution >= 4 is 28.7 Å². The van der Waals surface area contributed by atoms with Crippen molar-refractivity contribution in [2.45, 2.75) is 32.4 Å². The lowest BCUT2D eigenvalue weighted by molar-refractivity contribution is -0.393. The van der Waals surface area contributed by atoms with E-state index in [2.05, 4.69) is 0 Å². The summed E-state index contributed by atoms with van der Waals surface area (Å²) < 4.78 is 38.8. The maximum Gasteiger partial charge on any atom is 0.416 e. The number of rotatable bonds is 9. The van der Waals surface area contributed by atoms with E-state index >= 15 is 0 Å². The number of hydrogen-bond acceptors (Lipinski definition) is 5. The lowest BCUT2D eigenvalue weighted by Gasteiger charge is -2.24. The van der Waals surface area contributed by atoms with Crippen LogP contribution in [0.3, 0.4) is 0 Å². The van der Waals surface area contributed by atoms with Crippen LogP contribution in [0.25, 0.3) is 0 Å². The summed E-state index contributed by atoms with van der Waals surface area (Å²) in [6.07, 6.45) is -3.35. The van der Waals surface area contributed by atoms with Gasteiger partial charge in [0.05, 0.1) is 15.4 Å². The van der Waals surface area contributed by atoms with Crippen LogP contribution >= 0.6 is 11.6 Å². The van der Waals surface area contributed by atoms with E-state index in [-0.39, 0.29) is 13.1 Å². The smallest absolute Gasteiger partial charge is 0.360 e. The Labute approximate surface area is 146 Å². The van der Waals surface area contributed by atoms with Crippen molar-refractivity contribution in [2.24, 2.45) is 0 Å². The Kier molecular flexibility index (Phi) is 7.40. The Morgan fingerprint density at radius 2 is 1.60 bits per heavy atom. The van der Waals surface area contributed by atoms with Crippen molar-refractivity contribution in [3.8, 4) is 0 Å². The van der Waals surface area contributed by atoms with Crippen molar-refractivity contribution in [1.82, 2.24) is 0 Å². The fraction of sp³-hybridized carbons (Fsp3) is 0.571. The van der Waals surface area contributed by atoms with Crippen LogP contribution in [0.15, 0.2) is 12.1 Å². The topological polar surface area (TPSA) is 89.5 Å². The second-order valence-electron chi connectivity index (χ2n) is 5.26. The molecule has 0 atom stereocenters. The molecule has 1 aromatic rings. The molecule has 11 heteroatoms. The van der Waals surface area contributed by atoms with E-state index < -0.39 is 38.6 Å². The van der Waals surface area contributed by atoms with Gasteiger partial charge >= 0.3 is 6.18 Å². The summed E-state index contributed by atoms with van der Waals surface area (Å²) in [7, 11) is 0. The first-order valence-electron chi connectivity index (χ1n) is 7.48. The molecule has 140 valence electrons. The summed E-state index contributed by atoms with van der Waals surface area (Å²) in [5, 5.41) is 22.6. The number of nitrogens with zero attached hydrogens (tertiary/aromatic N) is 3. The lowest BCUT2D eigenvalue weighted by atomic mass is 10.1. The molecule has 1 aromatic carbocycles. The minimum absolute atomic E-state index is 0.216. The van der Waals surface area contributed by atoms with E-state index in [1.54, 1.807) is 6.92 Å². The first-order chi connectivity index (χ1) is 11.6. The van der Waals surface area contributed by atoms with Gasteiger partial charge in [-0.15, -0.1) is 11.6 Å². The third-order valence-electron chi connectivity index (χ3n) is 3.41. The quantitative estimate of drug-likeness (QED) is 0.265. The molecule has 0 saturated carbocycles. The number of halogens is 4. The second-order valence-corrected chi connectivity index (χ2v) is 5.64. The molecule has 0 aliphatic carbocycles. The fourth-order valence-corrected chi connectivity index (χ4v) is 2.56. The maximum atomic E-state index is 12.9. The van der Waals surface area contributed by atoms with Gasteiger partial charge in [0.1, 0.15) is 0 Å². The van der Waals surface area contributed by atoms with Gasteiger partial charge in [-0.25, -0.2) is 0 Å². The van der Waals surface area contributed by atoms with Crippen LogP contribution < -0.4 is 4.90 Å². The number of anilines is 1. The summed E-state index contributed by atoms with van der Waals surface area (Å²) in [5.74, 6) is 0.344. The Bertz CT molecular complexity index is 605. The van der Waals surface area contributed by atoms with E-state index in [4.69, 9.17) is 11.6 Å². The van der Waals surface area contributed by atoms with Gasteiger partial charge in [-0.1, -0.05) is 6.92 Å². The van der Waals surface area contributed by atoms with Gasteiger partial charge in [0, 0.05) is 31.1 Å². The zero-order valence-electron chi connectivity index (χ0n) is 13.4. The van der Waals surface area contributed by atoms with Crippen LogP contribution in [0.2, 0.25) is 0 Å². The predicted molar refractivity (Wildman–Crippen MR) is 87.2 cm³/mol. The van der Waals surface area contributed by atoms with Crippen LogP contribution in [0.4, 0.5) is 30.2 Å². The summed E-state index contributed by atoms with van der Waals surface area (Å²) in [5.41, 5.74) is -3.69. The molecular weight excluding hydrogens is 367 g/mol. The average molecular weight is 384 g/mol. The molecule has 0 unspecified atom stereocenters. The summed E-state index contributed by atoms with van der Waals surface area (Å²) in [4.78, 5) is 21.9. The number of alkyl halides is 4. The Morgan fingerprint density at radius 3 is 1.96 bits per heavy atom. The van der Waals surface area contributed by atoms with Crippen molar-refractivity contribution in [3.63, 3.8) is 0 Å². The number of unbranched alkanes of at least 4 members (excludes halogenated alkanes) is 1. The Hall–Kier alpha value is -2.10. The maximum absolute atomic E-state index is 12.9. The summed E-state index contributed by atoms with van der Waals surface area (Å²) >= 11 is 5.58. The van der Waals surface area contributed by atoms with Gasteiger partial charge in [0.15, 0.2) is 5.69 Å². The number of benzene rings is 1. The first-order valence-corrected chi connectivity index (χ1v) is 8.01. The Morgan fingerprint density at radius 1 is 1.08 bits per heavy atom. The SMILES string of the molecule is CCCN(CCCCCl)c1c([N+](=O)[O-])cc(C(F)(F)F)cc1[N+](=O)[O-]. The third kappa shape index (κ3) is 5.45. The van der Waals surface area contributed by atoms with Gasteiger partial charge in [-0.3, -0.25) is 20.2 Å². The van der Waals surface area contributed by atoms with Crippen molar-refractivity contribution < 1.29 is 23.0 Å². The molecule has 0 fully saturated rings. The molecule has 7 nitrogen and oxygen atoms in total. The van der Waals surface area contributed by atoms with E-state index in [1.165, 1.54) is 4.90 Å². The monoisotopic (exact) mass is 383 g/mol. The molecule has 0 aliphatic heterocycles. The van der Waals surface area contributed by atoms with E-state index in [0.29, 0.717) is 37.3 Å². The highest BCUT2D eigenvalue weighted by atomic mass is 35.5. The summed E-state index contributed by atoms with van der Waals surface area (Å²) in [6, 6.07) is 0.680. The molecule has 0 amide bonds. The normalized spacial score (nSPS) is 11.4. The molecule has 1 rings (SSSR count). The average Bonchev–Trinajstić information content (AvgIpc) is 2.52. The van der Waals surface area contributed by atoms with Crippen LogP contribution in [0.1, 0.15) is 31.7 Å². The largest absolute Gasteiger partial charge is 0.416 e. The molecule has 0 radical (unpaired) electrons. The van der Waals surface area contributed by atoms with Gasteiger partial charge in [0.25, 0.3) is 11.4 Å². The molecular formula is C14H17ClF3N3O4. The van der Waals surface area contributed by atoms with Crippen molar-refractivity contribution in [2.75, 3.05) is 23.9 Å². The highest BCUT2D eigenvalue weighted by molar-refractivity contribution is 6.17. The van der Waals surface area contributed by atoms with Crippen molar-refractivity contribution in [3.05, 3.63) is 37.9 Å². The highest BCUT2D eigenvalue weighted by Crippen LogP contribution is 2.43. The minimum Gasteiger partial charge on any atom is -0.360 e. The molecule has 0 aromatic heterocycles. The predicted octanol–water partition coefficient (Wildman–Crippen LogP) is 4.76. The van der Waals surface area contributed by atoms with Crippen molar-refractivity contribution in [1.29, 1.82) is 0 Å². The molecule has 25 heavy (non-hydrogen) atoms. The molecule has 0 N–H and O–H groups in total. The molecule has 0 saturated heterocycles. The van der Waals surface area contributed by atoms with Gasteiger partial charge in [0.2, 0.25) is 0 Å². The van der Waals surface area contributed by atoms with Gasteiger partial charge in [-0.05, 0) is 19.3 Å². The van der Waals surface area contributed by atoms with Gasteiger partial charge < -0.3 is 4.90 Å². The molecule has 0 spiro atoms. The third-order valence-corrected chi connectivity index (χ3v) is 3.68. The first kappa shape index (κ1) is 20.9. The van der Waals surface area contributed by atoms with Gasteiger partial charge in [-0.2, -0.15) is 13.2 Å². The molecule has 0 aliphatic rings. The minimum atomic E-state index is -4.93. The van der Waals surface area contributed by atoms with Crippen LogP contribution in [-0.4, -0.2) is 28.8 Å². The highest BCUT2D eigenvalue weighted by Gasteiger charge is 2.39. The van der Waals surface area contributed by atoms with Crippen LogP contribution in [0.5, 0.6) is 0 Å². The van der Waals surface area contributed by atoms with Crippen LogP contribution in [-0.2, 0) is 6.18 Å². The summed E-state index contributed by atoms with van der Waals surface area (Å²) in [6.45, 7) is 2.21. The zero-order chi connectivity index (χ0) is 19.2. The fourth-order valence-electron chi connectivity index (χ4n) is 2.37. The lowest BCUT2D eigenvalue weighted by Crippen LogP contribution is -2.27. The standard InChI is InChI=1S/C14H17ClF3N3O4/c1-2-6-19(7-4-3-5-15)13-11(20(22)23)8-10(14(16,17)18)9-12(13)21(24)25/h8-9H,2-7H2,1H3. The number of hydrogen-bond donors (Lipinski definition) is 0. The second kappa shape index (κ2) is 8.84. The van der Waals surface area contributed by atoms with E-state index in [1.807, 2.05) is 0 Å². The molecule has 0 bridgehead atoms.